The number of pyridine rings is 1. The van der Waals surface area contributed by atoms with Crippen molar-refractivity contribution in [3.8, 4) is 0 Å². The summed E-state index contributed by atoms with van der Waals surface area (Å²) in [6.45, 7) is 2.30. The van der Waals surface area contributed by atoms with Gasteiger partial charge in [0.1, 0.15) is 0 Å². The summed E-state index contributed by atoms with van der Waals surface area (Å²) < 4.78 is 5.28. The molecule has 0 saturated carbocycles. The first-order valence-corrected chi connectivity index (χ1v) is 6.30. The highest BCUT2D eigenvalue weighted by Crippen LogP contribution is 2.17. The molecule has 1 aliphatic heterocycles. The molecule has 5 nitrogen and oxygen atoms in total. The molecule has 0 radical (unpaired) electrons. The van der Waals surface area contributed by atoms with Gasteiger partial charge in [-0.1, -0.05) is 0 Å². The van der Waals surface area contributed by atoms with Gasteiger partial charge in [0.25, 0.3) is 5.91 Å². The van der Waals surface area contributed by atoms with Crippen LogP contribution in [-0.2, 0) is 4.74 Å². The smallest absolute Gasteiger partial charge is 0.251 e. The normalized spacial score (nSPS) is 16.4. The zero-order chi connectivity index (χ0) is 12.8. The number of hydrogen-bond donors (Lipinski definition) is 2. The number of carbonyl (C=O) groups is 1. The lowest BCUT2D eigenvalue weighted by molar-refractivity contribution is 0.0636. The summed E-state index contributed by atoms with van der Waals surface area (Å²) in [7, 11) is 0. The summed E-state index contributed by atoms with van der Waals surface area (Å²) in [4.78, 5) is 25.3. The Morgan fingerprint density at radius 2 is 2.22 bits per heavy atom. The molecular formula is C13H18N2O3. The lowest BCUT2D eigenvalue weighted by Crippen LogP contribution is -2.28. The Hall–Kier alpha value is -1.62. The Kier molecular flexibility index (Phi) is 4.52. The van der Waals surface area contributed by atoms with E-state index in [4.69, 9.17) is 4.74 Å². The Balaban J connectivity index is 1.76. The fraction of sp³-hybridized carbons (Fsp3) is 0.538. The third-order valence-corrected chi connectivity index (χ3v) is 3.22. The maximum Gasteiger partial charge on any atom is 0.251 e. The van der Waals surface area contributed by atoms with E-state index in [1.807, 2.05) is 0 Å². The highest BCUT2D eigenvalue weighted by atomic mass is 16.5. The molecule has 1 amide bonds. The topological polar surface area (TPSA) is 71.2 Å². The summed E-state index contributed by atoms with van der Waals surface area (Å²) in [5, 5.41) is 2.84. The van der Waals surface area contributed by atoms with Crippen molar-refractivity contribution >= 4 is 5.91 Å². The predicted octanol–water partition coefficient (Wildman–Crippen LogP) is 0.921. The zero-order valence-electron chi connectivity index (χ0n) is 10.3. The van der Waals surface area contributed by atoms with E-state index in [-0.39, 0.29) is 11.5 Å². The Morgan fingerprint density at radius 3 is 2.94 bits per heavy atom. The molecule has 0 aromatic carbocycles. The fourth-order valence-electron chi connectivity index (χ4n) is 2.11. The average molecular weight is 250 g/mol. The van der Waals surface area contributed by atoms with Crippen molar-refractivity contribution in [1.82, 2.24) is 10.3 Å². The minimum absolute atomic E-state index is 0.187. The minimum Gasteiger partial charge on any atom is -0.381 e. The molecule has 0 aliphatic carbocycles. The molecule has 18 heavy (non-hydrogen) atoms. The largest absolute Gasteiger partial charge is 0.381 e. The number of aromatic nitrogens is 1. The van der Waals surface area contributed by atoms with Gasteiger partial charge in [0.15, 0.2) is 0 Å². The van der Waals surface area contributed by atoms with E-state index in [1.54, 1.807) is 6.07 Å². The molecule has 0 atom stereocenters. The second-order valence-electron chi connectivity index (χ2n) is 4.54. The van der Waals surface area contributed by atoms with Gasteiger partial charge in [-0.2, -0.15) is 0 Å². The molecule has 98 valence electrons. The van der Waals surface area contributed by atoms with Crippen LogP contribution in [0.25, 0.3) is 0 Å². The third kappa shape index (κ3) is 3.70. The van der Waals surface area contributed by atoms with E-state index in [0.29, 0.717) is 18.0 Å². The van der Waals surface area contributed by atoms with Gasteiger partial charge in [0.2, 0.25) is 5.56 Å². The molecule has 0 bridgehead atoms. The summed E-state index contributed by atoms with van der Waals surface area (Å²) in [6, 6.07) is 2.91. The van der Waals surface area contributed by atoms with Crippen molar-refractivity contribution in [1.29, 1.82) is 0 Å². The second-order valence-corrected chi connectivity index (χ2v) is 4.54. The van der Waals surface area contributed by atoms with Crippen molar-refractivity contribution in [2.45, 2.75) is 19.3 Å². The zero-order valence-corrected chi connectivity index (χ0v) is 10.3. The molecule has 0 spiro atoms. The number of aromatic amines is 1. The summed E-state index contributed by atoms with van der Waals surface area (Å²) in [6.07, 6.45) is 4.59. The van der Waals surface area contributed by atoms with Crippen molar-refractivity contribution in [2.24, 2.45) is 5.92 Å². The van der Waals surface area contributed by atoms with Crippen molar-refractivity contribution < 1.29 is 9.53 Å². The van der Waals surface area contributed by atoms with E-state index in [0.717, 1.165) is 32.5 Å². The van der Waals surface area contributed by atoms with Crippen LogP contribution >= 0.6 is 0 Å². The molecule has 1 aromatic heterocycles. The molecule has 1 aromatic rings. The van der Waals surface area contributed by atoms with Crippen LogP contribution in [0, 0.1) is 5.92 Å². The number of hydrogen-bond acceptors (Lipinski definition) is 3. The maximum atomic E-state index is 11.7. The quantitative estimate of drug-likeness (QED) is 0.834. The number of amides is 1. The van der Waals surface area contributed by atoms with Crippen molar-refractivity contribution in [3.63, 3.8) is 0 Å². The van der Waals surface area contributed by atoms with Crippen LogP contribution in [0.5, 0.6) is 0 Å². The molecule has 5 heteroatoms. The fourth-order valence-corrected chi connectivity index (χ4v) is 2.11. The van der Waals surface area contributed by atoms with Gasteiger partial charge in [-0.25, -0.2) is 0 Å². The second kappa shape index (κ2) is 6.35. The Bertz CT molecular complexity index is 450. The van der Waals surface area contributed by atoms with Crippen LogP contribution in [-0.4, -0.2) is 30.6 Å². The molecule has 1 aliphatic rings. The molecular weight excluding hydrogens is 232 g/mol. The summed E-state index contributed by atoms with van der Waals surface area (Å²) in [5.74, 6) is 0.450. The van der Waals surface area contributed by atoms with E-state index >= 15 is 0 Å². The maximum absolute atomic E-state index is 11.7. The van der Waals surface area contributed by atoms with Crippen LogP contribution in [0.15, 0.2) is 23.1 Å². The molecule has 2 heterocycles. The number of ether oxygens (including phenoxy) is 1. The van der Waals surface area contributed by atoms with Gasteiger partial charge in [0, 0.05) is 37.6 Å². The third-order valence-electron chi connectivity index (χ3n) is 3.22. The van der Waals surface area contributed by atoms with Gasteiger partial charge >= 0.3 is 0 Å². The van der Waals surface area contributed by atoms with Gasteiger partial charge < -0.3 is 15.0 Å². The number of rotatable bonds is 4. The van der Waals surface area contributed by atoms with Crippen molar-refractivity contribution in [3.05, 3.63) is 34.2 Å². The first-order valence-electron chi connectivity index (χ1n) is 6.30. The van der Waals surface area contributed by atoms with Crippen LogP contribution in [0.2, 0.25) is 0 Å². The van der Waals surface area contributed by atoms with Gasteiger partial charge in [0.05, 0.1) is 0 Å². The highest BCUT2D eigenvalue weighted by molar-refractivity contribution is 5.93. The van der Waals surface area contributed by atoms with Crippen molar-refractivity contribution in [2.75, 3.05) is 19.8 Å². The van der Waals surface area contributed by atoms with E-state index in [9.17, 15) is 9.59 Å². The summed E-state index contributed by atoms with van der Waals surface area (Å²) >= 11 is 0. The van der Waals surface area contributed by atoms with E-state index in [2.05, 4.69) is 10.3 Å². The minimum atomic E-state index is -0.257. The average Bonchev–Trinajstić information content (AvgIpc) is 2.40. The number of carbonyl (C=O) groups excluding carboxylic acids is 1. The first-order chi connectivity index (χ1) is 8.75. The molecule has 2 rings (SSSR count). The predicted molar refractivity (Wildman–Crippen MR) is 67.6 cm³/mol. The Labute approximate surface area is 106 Å². The standard InChI is InChI=1S/C13H18N2O3/c16-12-9-11(2-6-14-12)13(17)15-5-1-10-3-7-18-8-4-10/h2,6,9-10H,1,3-5,7-8H2,(H,14,16)(H,15,17). The molecule has 0 unspecified atom stereocenters. The van der Waals surface area contributed by atoms with Gasteiger partial charge in [-0.05, 0) is 31.2 Å². The molecule has 1 fully saturated rings. The SMILES string of the molecule is O=C(NCCC1CCOCC1)c1cc[nH]c(=O)c1. The number of nitrogens with one attached hydrogen (secondary N) is 2. The van der Waals surface area contributed by atoms with Crippen LogP contribution in [0.3, 0.4) is 0 Å². The van der Waals surface area contributed by atoms with E-state index < -0.39 is 0 Å². The van der Waals surface area contributed by atoms with Gasteiger partial charge in [-0.3, -0.25) is 9.59 Å². The lowest BCUT2D eigenvalue weighted by atomic mass is 9.97. The van der Waals surface area contributed by atoms with Crippen LogP contribution in [0.4, 0.5) is 0 Å². The molecule has 2 N–H and O–H groups in total. The highest BCUT2D eigenvalue weighted by Gasteiger charge is 2.14. The van der Waals surface area contributed by atoms with Crippen LogP contribution in [0.1, 0.15) is 29.6 Å². The van der Waals surface area contributed by atoms with Crippen LogP contribution < -0.4 is 10.9 Å². The van der Waals surface area contributed by atoms with Gasteiger partial charge in [-0.15, -0.1) is 0 Å². The monoisotopic (exact) mass is 250 g/mol. The number of H-pyrrole nitrogens is 1. The molecule has 1 saturated heterocycles. The van der Waals surface area contributed by atoms with E-state index in [1.165, 1.54) is 12.3 Å². The first kappa shape index (κ1) is 12.8. The Morgan fingerprint density at radius 1 is 1.44 bits per heavy atom. The lowest BCUT2D eigenvalue weighted by Gasteiger charge is -2.21. The summed E-state index contributed by atoms with van der Waals surface area (Å²) in [5.41, 5.74) is 0.151.